The zero-order valence-corrected chi connectivity index (χ0v) is 11.3. The van der Waals surface area contributed by atoms with Gasteiger partial charge in [-0.15, -0.1) is 0 Å². The minimum absolute atomic E-state index is 0.201. The first-order chi connectivity index (χ1) is 9.78. The molecule has 0 saturated carbocycles. The smallest absolute Gasteiger partial charge is 0.261 e. The molecule has 0 fully saturated rings. The number of carbonyl (C=O) groups is 1. The molecule has 1 aromatic carbocycles. The predicted molar refractivity (Wildman–Crippen MR) is 77.2 cm³/mol. The van der Waals surface area contributed by atoms with E-state index in [9.17, 15) is 4.79 Å². The minimum Gasteiger partial charge on any atom is -0.480 e. The molecule has 0 radical (unpaired) electrons. The number of hydrogen-bond acceptors (Lipinski definition) is 3. The van der Waals surface area contributed by atoms with Crippen molar-refractivity contribution in [3.63, 3.8) is 0 Å². The predicted octanol–water partition coefficient (Wildman–Crippen LogP) is 2.83. The summed E-state index contributed by atoms with van der Waals surface area (Å²) in [5.41, 5.74) is 3.99. The van der Waals surface area contributed by atoms with Crippen LogP contribution in [0.2, 0.25) is 0 Å². The Balaban J connectivity index is 1.82. The summed E-state index contributed by atoms with van der Waals surface area (Å²) in [7, 11) is 1.51. The van der Waals surface area contributed by atoms with E-state index in [1.54, 1.807) is 18.3 Å². The number of anilines is 1. The van der Waals surface area contributed by atoms with E-state index < -0.39 is 0 Å². The van der Waals surface area contributed by atoms with E-state index in [0.29, 0.717) is 11.4 Å². The molecule has 2 aromatic rings. The van der Waals surface area contributed by atoms with Crippen molar-refractivity contribution >= 4 is 11.6 Å². The maximum Gasteiger partial charge on any atom is 0.261 e. The van der Waals surface area contributed by atoms with Crippen LogP contribution in [-0.2, 0) is 12.8 Å². The van der Waals surface area contributed by atoms with Crippen LogP contribution >= 0.6 is 0 Å². The standard InChI is InChI=1S/C16H16N2O2/c1-20-16-14(6-3-9-17-16)15(19)18-13-8-7-11-4-2-5-12(11)10-13/h3,6-10H,2,4-5H2,1H3,(H,18,19). The lowest BCUT2D eigenvalue weighted by molar-refractivity contribution is 0.102. The number of pyridine rings is 1. The Morgan fingerprint density at radius 1 is 1.25 bits per heavy atom. The highest BCUT2D eigenvalue weighted by Gasteiger charge is 2.15. The molecule has 102 valence electrons. The van der Waals surface area contributed by atoms with E-state index >= 15 is 0 Å². The maximum atomic E-state index is 12.3. The van der Waals surface area contributed by atoms with Crippen LogP contribution < -0.4 is 10.1 Å². The molecule has 3 rings (SSSR count). The summed E-state index contributed by atoms with van der Waals surface area (Å²) in [5.74, 6) is 0.138. The van der Waals surface area contributed by atoms with Gasteiger partial charge in [0.05, 0.1) is 7.11 Å². The number of fused-ring (bicyclic) bond motifs is 1. The maximum absolute atomic E-state index is 12.3. The summed E-state index contributed by atoms with van der Waals surface area (Å²) in [5, 5.41) is 2.90. The lowest BCUT2D eigenvalue weighted by Crippen LogP contribution is -2.13. The zero-order valence-electron chi connectivity index (χ0n) is 11.3. The topological polar surface area (TPSA) is 51.2 Å². The molecule has 4 heteroatoms. The van der Waals surface area contributed by atoms with Crippen molar-refractivity contribution in [3.8, 4) is 5.88 Å². The van der Waals surface area contributed by atoms with Crippen molar-refractivity contribution in [3.05, 3.63) is 53.2 Å². The van der Waals surface area contributed by atoms with E-state index in [0.717, 1.165) is 18.5 Å². The second-order valence-electron chi connectivity index (χ2n) is 4.85. The van der Waals surface area contributed by atoms with E-state index in [1.165, 1.54) is 24.7 Å². The first-order valence-electron chi connectivity index (χ1n) is 6.70. The Morgan fingerprint density at radius 2 is 2.10 bits per heavy atom. The monoisotopic (exact) mass is 268 g/mol. The zero-order chi connectivity index (χ0) is 13.9. The molecule has 0 spiro atoms. The van der Waals surface area contributed by atoms with Gasteiger partial charge in [0.15, 0.2) is 0 Å². The Morgan fingerprint density at radius 3 is 2.95 bits per heavy atom. The molecule has 1 amide bonds. The van der Waals surface area contributed by atoms with Gasteiger partial charge in [-0.05, 0) is 54.7 Å². The van der Waals surface area contributed by atoms with Gasteiger partial charge in [0.25, 0.3) is 5.91 Å². The highest BCUT2D eigenvalue weighted by Crippen LogP contribution is 2.25. The van der Waals surface area contributed by atoms with Crippen molar-refractivity contribution < 1.29 is 9.53 Å². The number of methoxy groups -OCH3 is 1. The molecule has 1 heterocycles. The second-order valence-corrected chi connectivity index (χ2v) is 4.85. The number of amides is 1. The fraction of sp³-hybridized carbons (Fsp3) is 0.250. The number of rotatable bonds is 3. The second kappa shape index (κ2) is 5.33. The van der Waals surface area contributed by atoms with E-state index in [2.05, 4.69) is 22.4 Å². The molecule has 1 aliphatic rings. The summed E-state index contributed by atoms with van der Waals surface area (Å²) in [6.45, 7) is 0. The fourth-order valence-electron chi connectivity index (χ4n) is 2.57. The van der Waals surface area contributed by atoms with E-state index in [1.807, 2.05) is 6.07 Å². The number of hydrogen-bond donors (Lipinski definition) is 1. The number of ether oxygens (including phenoxy) is 1. The summed E-state index contributed by atoms with van der Waals surface area (Å²) >= 11 is 0. The molecule has 1 N–H and O–H groups in total. The van der Waals surface area contributed by atoms with Gasteiger partial charge in [-0.3, -0.25) is 4.79 Å². The Hall–Kier alpha value is -2.36. The average molecular weight is 268 g/mol. The largest absolute Gasteiger partial charge is 0.480 e. The number of nitrogens with zero attached hydrogens (tertiary/aromatic N) is 1. The van der Waals surface area contributed by atoms with Gasteiger partial charge in [0.1, 0.15) is 5.56 Å². The molecule has 1 aromatic heterocycles. The third-order valence-electron chi connectivity index (χ3n) is 3.57. The molecule has 0 aliphatic heterocycles. The Labute approximate surface area is 117 Å². The summed E-state index contributed by atoms with van der Waals surface area (Å²) in [4.78, 5) is 16.3. The van der Waals surface area contributed by atoms with Gasteiger partial charge in [-0.25, -0.2) is 4.98 Å². The highest BCUT2D eigenvalue weighted by atomic mass is 16.5. The molecule has 4 nitrogen and oxygen atoms in total. The van der Waals surface area contributed by atoms with Crippen LogP contribution in [0.3, 0.4) is 0 Å². The van der Waals surface area contributed by atoms with E-state index in [-0.39, 0.29) is 5.91 Å². The number of nitrogens with one attached hydrogen (secondary N) is 1. The number of benzene rings is 1. The third-order valence-corrected chi connectivity index (χ3v) is 3.57. The highest BCUT2D eigenvalue weighted by molar-refractivity contribution is 6.05. The normalized spacial score (nSPS) is 12.8. The van der Waals surface area contributed by atoms with Gasteiger partial charge in [0, 0.05) is 11.9 Å². The lowest BCUT2D eigenvalue weighted by atomic mass is 10.1. The van der Waals surface area contributed by atoms with Crippen LogP contribution in [0.5, 0.6) is 5.88 Å². The number of aryl methyl sites for hydroxylation is 2. The van der Waals surface area contributed by atoms with E-state index in [4.69, 9.17) is 4.74 Å². The molecular formula is C16H16N2O2. The fourth-order valence-corrected chi connectivity index (χ4v) is 2.57. The third kappa shape index (κ3) is 2.37. The van der Waals surface area contributed by atoms with Gasteiger partial charge in [-0.2, -0.15) is 0 Å². The van der Waals surface area contributed by atoms with Gasteiger partial charge < -0.3 is 10.1 Å². The average Bonchev–Trinajstić information content (AvgIpc) is 2.94. The molecule has 20 heavy (non-hydrogen) atoms. The van der Waals surface area contributed by atoms with Gasteiger partial charge in [-0.1, -0.05) is 6.07 Å². The van der Waals surface area contributed by atoms with Crippen LogP contribution in [-0.4, -0.2) is 18.0 Å². The minimum atomic E-state index is -0.201. The molecule has 0 unspecified atom stereocenters. The van der Waals surface area contributed by atoms with Gasteiger partial charge >= 0.3 is 0 Å². The lowest BCUT2D eigenvalue weighted by Gasteiger charge is -2.09. The van der Waals surface area contributed by atoms with Crippen LogP contribution in [0, 0.1) is 0 Å². The van der Waals surface area contributed by atoms with Crippen molar-refractivity contribution in [2.24, 2.45) is 0 Å². The Kier molecular flexibility index (Phi) is 3.37. The molecule has 0 bridgehead atoms. The first kappa shape index (κ1) is 12.7. The van der Waals surface area contributed by atoms with Crippen molar-refractivity contribution in [2.75, 3.05) is 12.4 Å². The molecular weight excluding hydrogens is 252 g/mol. The van der Waals surface area contributed by atoms with Crippen molar-refractivity contribution in [1.82, 2.24) is 4.98 Å². The van der Waals surface area contributed by atoms with Gasteiger partial charge in [0.2, 0.25) is 5.88 Å². The summed E-state index contributed by atoms with van der Waals surface area (Å²) in [6, 6.07) is 9.53. The number of carbonyl (C=O) groups excluding carboxylic acids is 1. The Bertz CT molecular complexity index is 653. The summed E-state index contributed by atoms with van der Waals surface area (Å²) in [6.07, 6.45) is 5.03. The molecule has 0 saturated heterocycles. The number of aromatic nitrogens is 1. The first-order valence-corrected chi connectivity index (χ1v) is 6.70. The van der Waals surface area contributed by atoms with Crippen LogP contribution in [0.15, 0.2) is 36.5 Å². The molecule has 1 aliphatic carbocycles. The SMILES string of the molecule is COc1ncccc1C(=O)Nc1ccc2c(c1)CCC2. The van der Waals surface area contributed by atoms with Crippen molar-refractivity contribution in [2.45, 2.75) is 19.3 Å². The van der Waals surface area contributed by atoms with Crippen LogP contribution in [0.4, 0.5) is 5.69 Å². The van der Waals surface area contributed by atoms with Crippen LogP contribution in [0.25, 0.3) is 0 Å². The summed E-state index contributed by atoms with van der Waals surface area (Å²) < 4.78 is 5.11. The van der Waals surface area contributed by atoms with Crippen molar-refractivity contribution in [1.29, 1.82) is 0 Å². The quantitative estimate of drug-likeness (QED) is 0.931. The molecule has 0 atom stereocenters. The van der Waals surface area contributed by atoms with Crippen LogP contribution in [0.1, 0.15) is 27.9 Å².